The van der Waals surface area contributed by atoms with E-state index in [1.165, 1.54) is 52.6 Å². The van der Waals surface area contributed by atoms with E-state index in [-0.39, 0.29) is 0 Å². The van der Waals surface area contributed by atoms with E-state index in [1.54, 1.807) is 0 Å². The Labute approximate surface area is 186 Å². The summed E-state index contributed by atoms with van der Waals surface area (Å²) in [5, 5.41) is 0. The molecule has 3 aliphatic rings. The molecular formula is C27H35N3O. The minimum Gasteiger partial charge on any atom is -0.339 e. The number of rotatable bonds is 4. The van der Waals surface area contributed by atoms with E-state index in [0.717, 1.165) is 51.7 Å². The molecule has 2 heterocycles. The highest BCUT2D eigenvalue weighted by Gasteiger charge is 2.30. The maximum absolute atomic E-state index is 12.9. The molecule has 5 rings (SSSR count). The molecule has 31 heavy (non-hydrogen) atoms. The van der Waals surface area contributed by atoms with Gasteiger partial charge in [-0.3, -0.25) is 14.6 Å². The molecule has 1 aliphatic carbocycles. The minimum absolute atomic E-state index is 0.309. The lowest BCUT2D eigenvalue weighted by Gasteiger charge is -2.43. The van der Waals surface area contributed by atoms with E-state index in [2.05, 4.69) is 64.9 Å². The van der Waals surface area contributed by atoms with Gasteiger partial charge in [-0.25, -0.2) is 0 Å². The van der Waals surface area contributed by atoms with Gasteiger partial charge in [0.15, 0.2) is 0 Å². The van der Waals surface area contributed by atoms with Gasteiger partial charge >= 0.3 is 0 Å². The fourth-order valence-corrected chi connectivity index (χ4v) is 5.45. The van der Waals surface area contributed by atoms with E-state index < -0.39 is 0 Å². The van der Waals surface area contributed by atoms with E-state index in [1.807, 2.05) is 0 Å². The van der Waals surface area contributed by atoms with Gasteiger partial charge in [0.25, 0.3) is 0 Å². The average Bonchev–Trinajstić information content (AvgIpc) is 2.72. The predicted molar refractivity (Wildman–Crippen MR) is 126 cm³/mol. The Morgan fingerprint density at radius 3 is 2.29 bits per heavy atom. The first-order chi connectivity index (χ1) is 15.0. The summed E-state index contributed by atoms with van der Waals surface area (Å²) in [6.45, 7) is 10.7. The highest BCUT2D eigenvalue weighted by molar-refractivity contribution is 5.78. The molecule has 1 saturated heterocycles. The summed E-state index contributed by atoms with van der Waals surface area (Å²) in [4.78, 5) is 19.9. The first-order valence-electron chi connectivity index (χ1n) is 12.0. The Morgan fingerprint density at radius 1 is 0.871 bits per heavy atom. The van der Waals surface area contributed by atoms with Gasteiger partial charge in [0.2, 0.25) is 5.91 Å². The molecule has 0 radical (unpaired) electrons. The monoisotopic (exact) mass is 417 g/mol. The van der Waals surface area contributed by atoms with Crippen molar-refractivity contribution in [2.24, 2.45) is 0 Å². The van der Waals surface area contributed by atoms with Crippen molar-refractivity contribution in [2.75, 3.05) is 39.3 Å². The number of piperazine rings is 1. The van der Waals surface area contributed by atoms with Crippen molar-refractivity contribution < 1.29 is 4.79 Å². The van der Waals surface area contributed by atoms with Gasteiger partial charge < -0.3 is 4.90 Å². The highest BCUT2D eigenvalue weighted by Crippen LogP contribution is 2.28. The maximum atomic E-state index is 12.9. The van der Waals surface area contributed by atoms with Crippen LogP contribution in [0.2, 0.25) is 0 Å². The number of benzene rings is 2. The van der Waals surface area contributed by atoms with Crippen molar-refractivity contribution in [3.8, 4) is 11.1 Å². The van der Waals surface area contributed by atoms with Gasteiger partial charge in [0.05, 0.1) is 6.54 Å². The van der Waals surface area contributed by atoms with Gasteiger partial charge in [0.1, 0.15) is 0 Å². The van der Waals surface area contributed by atoms with Crippen molar-refractivity contribution in [3.63, 3.8) is 0 Å². The Bertz CT molecular complexity index is 937. The second-order valence-electron chi connectivity index (χ2n) is 9.82. The molecular weight excluding hydrogens is 382 g/mol. The van der Waals surface area contributed by atoms with Crippen LogP contribution < -0.4 is 0 Å². The van der Waals surface area contributed by atoms with Crippen molar-refractivity contribution in [1.29, 1.82) is 0 Å². The third-order valence-corrected chi connectivity index (χ3v) is 7.47. The number of aryl methyl sites for hydroxylation is 2. The summed E-state index contributed by atoms with van der Waals surface area (Å²) in [5.74, 6) is 0.309. The van der Waals surface area contributed by atoms with Crippen LogP contribution in [-0.2, 0) is 17.8 Å². The van der Waals surface area contributed by atoms with Crippen molar-refractivity contribution in [2.45, 2.75) is 52.1 Å². The first-order valence-corrected chi connectivity index (χ1v) is 12.0. The fourth-order valence-electron chi connectivity index (χ4n) is 5.45. The summed E-state index contributed by atoms with van der Waals surface area (Å²) < 4.78 is 0. The van der Waals surface area contributed by atoms with E-state index >= 15 is 0 Å². The molecule has 2 aliphatic heterocycles. The summed E-state index contributed by atoms with van der Waals surface area (Å²) in [6, 6.07) is 14.4. The summed E-state index contributed by atoms with van der Waals surface area (Å²) in [6.07, 6.45) is 5.11. The molecule has 0 bridgehead atoms. The Kier molecular flexibility index (Phi) is 5.85. The SMILES string of the molecule is Cc1cc(C)cc(-c2ccc3c(c2)CCN(CC(=O)N2CCN(C4CCC4)CC2)C3)c1. The Balaban J connectivity index is 1.18. The first kappa shape index (κ1) is 20.7. The molecule has 0 N–H and O–H groups in total. The summed E-state index contributed by atoms with van der Waals surface area (Å²) in [7, 11) is 0. The zero-order chi connectivity index (χ0) is 21.4. The summed E-state index contributed by atoms with van der Waals surface area (Å²) >= 11 is 0. The third kappa shape index (κ3) is 4.56. The van der Waals surface area contributed by atoms with E-state index in [4.69, 9.17) is 0 Å². The number of carbonyl (C=O) groups is 1. The molecule has 2 aromatic rings. The van der Waals surface area contributed by atoms with Crippen LogP contribution in [0, 0.1) is 13.8 Å². The molecule has 1 amide bonds. The number of nitrogens with zero attached hydrogens (tertiary/aromatic N) is 3. The van der Waals surface area contributed by atoms with Gasteiger partial charge in [-0.05, 0) is 55.4 Å². The normalized spacial score (nSPS) is 20.4. The largest absolute Gasteiger partial charge is 0.339 e. The zero-order valence-corrected chi connectivity index (χ0v) is 19.1. The van der Waals surface area contributed by atoms with Gasteiger partial charge in [0, 0.05) is 45.3 Å². The smallest absolute Gasteiger partial charge is 0.236 e. The quantitative estimate of drug-likeness (QED) is 0.752. The van der Waals surface area contributed by atoms with Gasteiger partial charge in [-0.15, -0.1) is 0 Å². The van der Waals surface area contributed by atoms with Crippen LogP contribution in [0.4, 0.5) is 0 Å². The topological polar surface area (TPSA) is 26.8 Å². The second-order valence-corrected chi connectivity index (χ2v) is 9.82. The summed E-state index contributed by atoms with van der Waals surface area (Å²) in [5.41, 5.74) is 8.05. The van der Waals surface area contributed by atoms with Crippen LogP contribution in [0.3, 0.4) is 0 Å². The van der Waals surface area contributed by atoms with Crippen molar-refractivity contribution >= 4 is 5.91 Å². The number of carbonyl (C=O) groups excluding carboxylic acids is 1. The number of hydrogen-bond acceptors (Lipinski definition) is 3. The standard InChI is InChI=1S/C27H35N3O/c1-20-14-21(2)16-25(15-20)22-6-7-24-18-28(9-8-23(24)17-22)19-27(31)30-12-10-29(11-13-30)26-4-3-5-26/h6-7,14-17,26H,3-5,8-13,18-19H2,1-2H3. The molecule has 2 aromatic carbocycles. The third-order valence-electron chi connectivity index (χ3n) is 7.47. The molecule has 4 nitrogen and oxygen atoms in total. The predicted octanol–water partition coefficient (Wildman–Crippen LogP) is 4.03. The van der Waals surface area contributed by atoms with Crippen LogP contribution >= 0.6 is 0 Å². The van der Waals surface area contributed by atoms with Crippen molar-refractivity contribution in [1.82, 2.24) is 14.7 Å². The lowest BCUT2D eigenvalue weighted by Crippen LogP contribution is -2.55. The van der Waals surface area contributed by atoms with Gasteiger partial charge in [-0.2, -0.15) is 0 Å². The van der Waals surface area contributed by atoms with E-state index in [0.29, 0.717) is 12.5 Å². The number of fused-ring (bicyclic) bond motifs is 1. The highest BCUT2D eigenvalue weighted by atomic mass is 16.2. The minimum atomic E-state index is 0.309. The molecule has 4 heteroatoms. The van der Waals surface area contributed by atoms with Crippen LogP contribution in [0.25, 0.3) is 11.1 Å². The average molecular weight is 418 g/mol. The second kappa shape index (κ2) is 8.76. The number of hydrogen-bond donors (Lipinski definition) is 0. The lowest BCUT2D eigenvalue weighted by atomic mass is 9.91. The fraction of sp³-hybridized carbons (Fsp3) is 0.519. The molecule has 164 valence electrons. The zero-order valence-electron chi connectivity index (χ0n) is 19.1. The molecule has 0 aromatic heterocycles. The Morgan fingerprint density at radius 2 is 1.61 bits per heavy atom. The van der Waals surface area contributed by atoms with Crippen LogP contribution in [-0.4, -0.2) is 65.9 Å². The molecule has 2 fully saturated rings. The van der Waals surface area contributed by atoms with E-state index in [9.17, 15) is 4.79 Å². The molecule has 0 unspecified atom stereocenters. The van der Waals surface area contributed by atoms with Crippen LogP contribution in [0.15, 0.2) is 36.4 Å². The molecule has 1 saturated carbocycles. The molecule has 0 spiro atoms. The van der Waals surface area contributed by atoms with Crippen LogP contribution in [0.1, 0.15) is 41.5 Å². The number of amides is 1. The van der Waals surface area contributed by atoms with Crippen molar-refractivity contribution in [3.05, 3.63) is 58.7 Å². The Hall–Kier alpha value is -2.17. The van der Waals surface area contributed by atoms with Crippen LogP contribution in [0.5, 0.6) is 0 Å². The lowest BCUT2D eigenvalue weighted by molar-refractivity contribution is -0.135. The maximum Gasteiger partial charge on any atom is 0.236 e. The van der Waals surface area contributed by atoms with Gasteiger partial charge in [-0.1, -0.05) is 53.9 Å². The molecule has 0 atom stereocenters.